The maximum atomic E-state index is 9.22. The Kier molecular flexibility index (Phi) is 7.02. The van der Waals surface area contributed by atoms with Crippen molar-refractivity contribution in [3.05, 3.63) is 64.6 Å². The minimum absolute atomic E-state index is 0.680. The van der Waals surface area contributed by atoms with Crippen LogP contribution in [0.25, 0.3) is 22.5 Å². The first kappa shape index (κ1) is 21.4. The van der Waals surface area contributed by atoms with E-state index < -0.39 is 10.4 Å². The zero-order valence-electron chi connectivity index (χ0n) is 14.9. The summed E-state index contributed by atoms with van der Waals surface area (Å²) in [5, 5.41) is 1.37. The van der Waals surface area contributed by atoms with Crippen molar-refractivity contribution >= 4 is 33.6 Å². The maximum Gasteiger partial charge on any atom is 0.238 e. The summed E-state index contributed by atoms with van der Waals surface area (Å²) in [5.41, 5.74) is 4.26. The molecule has 0 aliphatic rings. The largest absolute Gasteiger partial charge is 0.726 e. The Morgan fingerprint density at radius 2 is 1.67 bits per heavy atom. The van der Waals surface area contributed by atoms with Gasteiger partial charge in [-0.2, -0.15) is 4.68 Å². The number of nitrogens with zero attached hydrogens (tertiary/aromatic N) is 2. The van der Waals surface area contributed by atoms with Gasteiger partial charge in [0.05, 0.1) is 19.2 Å². The first-order chi connectivity index (χ1) is 12.6. The van der Waals surface area contributed by atoms with E-state index in [1.807, 2.05) is 44.4 Å². The molecule has 0 amide bonds. The molecule has 0 radical (unpaired) electrons. The minimum Gasteiger partial charge on any atom is -0.726 e. The van der Waals surface area contributed by atoms with E-state index in [0.717, 1.165) is 24.1 Å². The summed E-state index contributed by atoms with van der Waals surface area (Å²) in [6.45, 7) is 0. The van der Waals surface area contributed by atoms with Crippen molar-refractivity contribution in [1.29, 1.82) is 0 Å². The highest BCUT2D eigenvalue weighted by molar-refractivity contribution is 7.80. The van der Waals surface area contributed by atoms with Gasteiger partial charge in [0.15, 0.2) is 7.05 Å². The highest BCUT2D eigenvalue weighted by Gasteiger charge is 2.21. The molecule has 2 aromatic carbocycles. The molecule has 0 bridgehead atoms. The van der Waals surface area contributed by atoms with Crippen LogP contribution in [0.4, 0.5) is 0 Å². The second-order valence-electron chi connectivity index (χ2n) is 5.53. The fourth-order valence-electron chi connectivity index (χ4n) is 2.46. The molecule has 3 aromatic rings. The van der Waals surface area contributed by atoms with Gasteiger partial charge in [-0.3, -0.25) is 4.18 Å². The third-order valence-corrected chi connectivity index (χ3v) is 4.87. The molecule has 144 valence electrons. The average Bonchev–Trinajstić information content (AvgIpc) is 2.93. The Bertz CT molecular complexity index is 1040. The Morgan fingerprint density at radius 3 is 2.22 bits per heavy atom. The van der Waals surface area contributed by atoms with Gasteiger partial charge in [-0.05, 0) is 30.3 Å². The molecule has 0 saturated heterocycles. The van der Waals surface area contributed by atoms with Crippen LogP contribution in [0.3, 0.4) is 0 Å². The summed E-state index contributed by atoms with van der Waals surface area (Å²) >= 11 is 12.4. The quantitative estimate of drug-likeness (QED) is 0.362. The molecule has 1 aromatic heterocycles. The third-order valence-electron chi connectivity index (χ3n) is 3.90. The molecular weight excluding hydrogens is 411 g/mol. The number of hydrogen-bond acceptors (Lipinski definition) is 4. The Hall–Kier alpha value is -1.90. The van der Waals surface area contributed by atoms with E-state index in [9.17, 15) is 13.0 Å². The van der Waals surface area contributed by atoms with Gasteiger partial charge in [-0.15, -0.1) is 4.68 Å². The predicted molar refractivity (Wildman–Crippen MR) is 104 cm³/mol. The second kappa shape index (κ2) is 8.86. The van der Waals surface area contributed by atoms with E-state index in [0.29, 0.717) is 10.0 Å². The van der Waals surface area contributed by atoms with Gasteiger partial charge < -0.3 is 4.55 Å². The predicted octanol–water partition coefficient (Wildman–Crippen LogP) is 3.58. The molecule has 0 aliphatic heterocycles. The molecule has 0 saturated carbocycles. The van der Waals surface area contributed by atoms with Crippen molar-refractivity contribution in [3.8, 4) is 22.5 Å². The third kappa shape index (κ3) is 5.54. The molecule has 0 N–H and O–H groups in total. The number of benzene rings is 2. The molecular formula is C18H18Cl2N2O4S. The second-order valence-corrected chi connectivity index (χ2v) is 7.52. The molecule has 0 spiro atoms. The van der Waals surface area contributed by atoms with E-state index >= 15 is 0 Å². The zero-order chi connectivity index (χ0) is 20.2. The van der Waals surface area contributed by atoms with Gasteiger partial charge in [0.25, 0.3) is 0 Å². The summed E-state index contributed by atoms with van der Waals surface area (Å²) < 4.78 is 35.2. The first-order valence-corrected chi connectivity index (χ1v) is 9.81. The van der Waals surface area contributed by atoms with Crippen molar-refractivity contribution < 1.29 is 21.8 Å². The number of rotatable bonds is 3. The lowest BCUT2D eigenvalue weighted by atomic mass is 10.1. The van der Waals surface area contributed by atoms with E-state index in [-0.39, 0.29) is 0 Å². The number of hydrogen-bond donors (Lipinski definition) is 0. The fraction of sp³-hybridized carbons (Fsp3) is 0.167. The smallest absolute Gasteiger partial charge is 0.238 e. The maximum absolute atomic E-state index is 9.22. The van der Waals surface area contributed by atoms with Gasteiger partial charge in [0.2, 0.25) is 16.1 Å². The van der Waals surface area contributed by atoms with Crippen LogP contribution < -0.4 is 4.68 Å². The van der Waals surface area contributed by atoms with Crippen molar-refractivity contribution in [2.75, 3.05) is 7.11 Å². The Morgan fingerprint density at radius 1 is 1.07 bits per heavy atom. The summed E-state index contributed by atoms with van der Waals surface area (Å²) in [4.78, 5) is 0. The van der Waals surface area contributed by atoms with Crippen LogP contribution in [0, 0.1) is 0 Å². The van der Waals surface area contributed by atoms with Crippen LogP contribution in [0.2, 0.25) is 10.0 Å². The zero-order valence-corrected chi connectivity index (χ0v) is 17.2. The minimum atomic E-state index is -4.41. The molecule has 0 fully saturated rings. The van der Waals surface area contributed by atoms with Crippen LogP contribution in [0.1, 0.15) is 0 Å². The fourth-order valence-corrected chi connectivity index (χ4v) is 2.85. The monoisotopic (exact) mass is 428 g/mol. The molecule has 1 heterocycles. The summed E-state index contributed by atoms with van der Waals surface area (Å²) in [5.74, 6) is 0. The Labute approximate surface area is 168 Å². The SMILES string of the molecule is COS(=O)(=O)[O-].Cn1c(-c2cc(Cl)ccc2Cl)cc(-c2ccccc2)[n+]1C. The summed E-state index contributed by atoms with van der Waals surface area (Å²) in [6, 6.07) is 17.9. The van der Waals surface area contributed by atoms with Crippen LogP contribution in [-0.2, 0) is 28.7 Å². The summed E-state index contributed by atoms with van der Waals surface area (Å²) in [7, 11) is 0.441. The van der Waals surface area contributed by atoms with Gasteiger partial charge in [0.1, 0.15) is 5.69 Å². The molecule has 0 unspecified atom stereocenters. The van der Waals surface area contributed by atoms with Crippen LogP contribution in [-0.4, -0.2) is 24.8 Å². The molecule has 9 heteroatoms. The topological polar surface area (TPSA) is 75.2 Å². The van der Waals surface area contributed by atoms with Crippen molar-refractivity contribution in [1.82, 2.24) is 4.68 Å². The molecule has 27 heavy (non-hydrogen) atoms. The molecule has 0 atom stereocenters. The lowest BCUT2D eigenvalue weighted by Crippen LogP contribution is -2.39. The van der Waals surface area contributed by atoms with E-state index in [2.05, 4.69) is 31.7 Å². The molecule has 3 rings (SSSR count). The van der Waals surface area contributed by atoms with Crippen molar-refractivity contribution in [3.63, 3.8) is 0 Å². The van der Waals surface area contributed by atoms with Crippen LogP contribution >= 0.6 is 23.2 Å². The number of aromatic nitrogens is 2. The standard InChI is InChI=1S/C17H15Cl2N2.CH4O4S/c1-20-16(12-6-4-3-5-7-12)11-17(21(20)2)14-10-13(18)8-9-15(14)19;1-5-6(2,3)4/h3-11H,1-2H3;1H3,(H,2,3,4)/q+1;/p-1. The van der Waals surface area contributed by atoms with Crippen molar-refractivity contribution in [2.45, 2.75) is 0 Å². The first-order valence-electron chi connectivity index (χ1n) is 7.72. The van der Waals surface area contributed by atoms with E-state index in [1.165, 1.54) is 5.56 Å². The number of halogens is 2. The van der Waals surface area contributed by atoms with E-state index in [4.69, 9.17) is 23.2 Å². The lowest BCUT2D eigenvalue weighted by Gasteiger charge is -2.03. The highest BCUT2D eigenvalue weighted by atomic mass is 35.5. The van der Waals surface area contributed by atoms with E-state index in [1.54, 1.807) is 6.07 Å². The average molecular weight is 429 g/mol. The normalized spacial score (nSPS) is 11.0. The van der Waals surface area contributed by atoms with Gasteiger partial charge in [-0.25, -0.2) is 8.42 Å². The van der Waals surface area contributed by atoms with Gasteiger partial charge >= 0.3 is 0 Å². The lowest BCUT2D eigenvalue weighted by molar-refractivity contribution is -0.740. The highest BCUT2D eigenvalue weighted by Crippen LogP contribution is 2.32. The Balaban J connectivity index is 0.000000380. The van der Waals surface area contributed by atoms with Crippen LogP contribution in [0.15, 0.2) is 54.6 Å². The van der Waals surface area contributed by atoms with Crippen molar-refractivity contribution in [2.24, 2.45) is 14.1 Å². The molecule has 0 aliphatic carbocycles. The molecule has 6 nitrogen and oxygen atoms in total. The summed E-state index contributed by atoms with van der Waals surface area (Å²) in [6.07, 6.45) is 0. The van der Waals surface area contributed by atoms with Crippen LogP contribution in [0.5, 0.6) is 0 Å². The van der Waals surface area contributed by atoms with Gasteiger partial charge in [-0.1, -0.05) is 41.4 Å². The van der Waals surface area contributed by atoms with Gasteiger partial charge in [0, 0.05) is 22.2 Å².